The molecule has 30 heavy (non-hydrogen) atoms. The Balaban J connectivity index is 1.96. The smallest absolute Gasteiger partial charge is 0.327 e. The Hall–Kier alpha value is -2.81. The number of rotatable bonds is 9. The van der Waals surface area contributed by atoms with Gasteiger partial charge in [-0.1, -0.05) is 49.1 Å². The molecule has 1 saturated carbocycles. The molecule has 2 aromatic rings. The Kier molecular flexibility index (Phi) is 7.51. The number of nitrogens with zero attached hydrogens (tertiary/aromatic N) is 4. The maximum Gasteiger partial charge on any atom is 0.327 e. The van der Waals surface area contributed by atoms with E-state index in [1.165, 1.54) is 18.2 Å². The molecule has 2 atom stereocenters. The molecule has 2 unspecified atom stereocenters. The van der Waals surface area contributed by atoms with Gasteiger partial charge in [0.25, 0.3) is 0 Å². The van der Waals surface area contributed by atoms with Crippen molar-refractivity contribution in [2.75, 3.05) is 7.11 Å². The average molecular weight is 415 g/mol. The lowest BCUT2D eigenvalue weighted by molar-refractivity contribution is -0.141. The number of ether oxygens (including phenoxy) is 1. The lowest BCUT2D eigenvalue weighted by atomic mass is 9.82. The lowest BCUT2D eigenvalue weighted by Gasteiger charge is -2.33. The fourth-order valence-electron chi connectivity index (χ4n) is 4.19. The van der Waals surface area contributed by atoms with Crippen LogP contribution in [0.15, 0.2) is 24.3 Å². The fourth-order valence-corrected chi connectivity index (χ4v) is 4.19. The number of hydrogen-bond donors (Lipinski definition) is 2. The second-order valence-electron chi connectivity index (χ2n) is 7.89. The first-order valence-corrected chi connectivity index (χ1v) is 10.3. The molecule has 0 aliphatic heterocycles. The van der Waals surface area contributed by atoms with Crippen LogP contribution in [0.1, 0.15) is 61.5 Å². The van der Waals surface area contributed by atoms with Gasteiger partial charge in [-0.25, -0.2) is 4.68 Å². The number of tetrazole rings is 1. The Labute approximate surface area is 175 Å². The second kappa shape index (κ2) is 10.3. The van der Waals surface area contributed by atoms with Gasteiger partial charge in [0.05, 0.1) is 19.6 Å². The average Bonchev–Trinajstić information content (AvgIpc) is 3.19. The predicted octanol–water partition coefficient (Wildman–Crippen LogP) is 2.26. The highest BCUT2D eigenvalue weighted by Crippen LogP contribution is 2.31. The summed E-state index contributed by atoms with van der Waals surface area (Å²) in [5.41, 5.74) is 1.99. The van der Waals surface area contributed by atoms with Crippen LogP contribution in [0, 0.1) is 12.8 Å². The number of carboxylic acids is 1. The molecule has 1 heterocycles. The third-order valence-electron chi connectivity index (χ3n) is 5.69. The van der Waals surface area contributed by atoms with E-state index in [2.05, 4.69) is 20.8 Å². The number of aryl methyl sites for hydroxylation is 1. The number of nitrogens with one attached hydrogen (secondary N) is 1. The summed E-state index contributed by atoms with van der Waals surface area (Å²) in [6.45, 7) is 1.88. The first kappa shape index (κ1) is 21.9. The molecule has 9 heteroatoms. The van der Waals surface area contributed by atoms with Crippen molar-refractivity contribution < 1.29 is 19.4 Å². The van der Waals surface area contributed by atoms with Gasteiger partial charge in [-0.3, -0.25) is 14.9 Å². The van der Waals surface area contributed by atoms with Crippen molar-refractivity contribution in [1.29, 1.82) is 0 Å². The molecule has 2 N–H and O–H groups in total. The molecule has 1 aromatic carbocycles. The first-order valence-electron chi connectivity index (χ1n) is 10.3. The van der Waals surface area contributed by atoms with E-state index >= 15 is 0 Å². The van der Waals surface area contributed by atoms with Crippen molar-refractivity contribution in [3.05, 3.63) is 41.2 Å². The summed E-state index contributed by atoms with van der Waals surface area (Å²) in [6, 6.07) is 7.25. The van der Waals surface area contributed by atoms with E-state index < -0.39 is 18.0 Å². The summed E-state index contributed by atoms with van der Waals surface area (Å²) in [7, 11) is 1.31. The molecule has 1 fully saturated rings. The highest BCUT2D eigenvalue weighted by molar-refractivity contribution is 5.69. The molecule has 0 bridgehead atoms. The van der Waals surface area contributed by atoms with Crippen molar-refractivity contribution in [1.82, 2.24) is 25.5 Å². The van der Waals surface area contributed by atoms with Crippen LogP contribution in [0.3, 0.4) is 0 Å². The number of carbonyl (C=O) groups excluding carboxylic acids is 1. The van der Waals surface area contributed by atoms with Crippen molar-refractivity contribution in [3.63, 3.8) is 0 Å². The third kappa shape index (κ3) is 5.63. The summed E-state index contributed by atoms with van der Waals surface area (Å²) in [4.78, 5) is 23.4. The number of aliphatic carboxylic acids is 1. The van der Waals surface area contributed by atoms with E-state index in [1.807, 2.05) is 31.2 Å². The van der Waals surface area contributed by atoms with E-state index in [1.54, 1.807) is 0 Å². The number of benzene rings is 1. The van der Waals surface area contributed by atoms with Gasteiger partial charge >= 0.3 is 11.9 Å². The Morgan fingerprint density at radius 1 is 1.30 bits per heavy atom. The quantitative estimate of drug-likeness (QED) is 0.599. The Morgan fingerprint density at radius 2 is 2.07 bits per heavy atom. The summed E-state index contributed by atoms with van der Waals surface area (Å²) < 4.78 is 6.17. The van der Waals surface area contributed by atoms with Gasteiger partial charge in [0.15, 0.2) is 5.82 Å². The number of hydrogen-bond acceptors (Lipinski definition) is 7. The first-order chi connectivity index (χ1) is 14.5. The molecule has 0 amide bonds. The van der Waals surface area contributed by atoms with Crippen molar-refractivity contribution in [2.45, 2.75) is 64.1 Å². The summed E-state index contributed by atoms with van der Waals surface area (Å²) in [6.07, 6.45) is 5.42. The van der Waals surface area contributed by atoms with E-state index in [4.69, 9.17) is 4.74 Å². The van der Waals surface area contributed by atoms with Crippen molar-refractivity contribution in [3.8, 4) is 0 Å². The number of carbonyl (C=O) groups is 2. The molecule has 0 radical (unpaired) electrons. The predicted molar refractivity (Wildman–Crippen MR) is 109 cm³/mol. The zero-order valence-corrected chi connectivity index (χ0v) is 17.5. The summed E-state index contributed by atoms with van der Waals surface area (Å²) >= 11 is 0. The van der Waals surface area contributed by atoms with E-state index in [9.17, 15) is 14.7 Å². The number of aromatic nitrogens is 4. The van der Waals surface area contributed by atoms with Gasteiger partial charge in [-0.05, 0) is 41.7 Å². The van der Waals surface area contributed by atoms with E-state index in [0.29, 0.717) is 5.82 Å². The van der Waals surface area contributed by atoms with Gasteiger partial charge in [-0.15, -0.1) is 5.10 Å². The van der Waals surface area contributed by atoms with Crippen molar-refractivity contribution >= 4 is 11.9 Å². The maximum absolute atomic E-state index is 11.8. The number of methoxy groups -OCH3 is 1. The fraction of sp³-hybridized carbons (Fsp3) is 0.571. The van der Waals surface area contributed by atoms with Crippen LogP contribution >= 0.6 is 0 Å². The highest BCUT2D eigenvalue weighted by atomic mass is 16.5. The molecule has 0 spiro atoms. The molecule has 1 aromatic heterocycles. The topological polar surface area (TPSA) is 119 Å². The van der Waals surface area contributed by atoms with Crippen LogP contribution < -0.4 is 5.32 Å². The SMILES string of the molecule is COC(=O)Cn1nnnc1C(NC(CC(=O)O)C1CCCCC1)c1cccc(C)c1. The lowest BCUT2D eigenvalue weighted by Crippen LogP contribution is -2.42. The van der Waals surface area contributed by atoms with Crippen LogP contribution in [-0.4, -0.2) is 50.4 Å². The minimum absolute atomic E-state index is 0.0194. The normalized spacial score (nSPS) is 16.7. The monoisotopic (exact) mass is 415 g/mol. The Bertz CT molecular complexity index is 863. The van der Waals surface area contributed by atoms with Gasteiger partial charge in [-0.2, -0.15) is 0 Å². The maximum atomic E-state index is 11.8. The van der Waals surface area contributed by atoms with Crippen LogP contribution in [-0.2, 0) is 20.9 Å². The molecular formula is C21H29N5O4. The number of esters is 1. The second-order valence-corrected chi connectivity index (χ2v) is 7.89. The molecule has 1 aliphatic carbocycles. The third-order valence-corrected chi connectivity index (χ3v) is 5.69. The molecule has 0 saturated heterocycles. The standard InChI is InChI=1S/C21H29N5O4/c1-14-7-6-10-16(11-14)20(21-23-24-25-26(21)13-19(29)30-2)22-17(12-18(27)28)15-8-4-3-5-9-15/h6-7,10-11,15,17,20,22H,3-5,8-9,12-13H2,1-2H3,(H,27,28). The van der Waals surface area contributed by atoms with Crippen LogP contribution in [0.25, 0.3) is 0 Å². The van der Waals surface area contributed by atoms with E-state index in [0.717, 1.165) is 36.8 Å². The zero-order chi connectivity index (χ0) is 21.5. The van der Waals surface area contributed by atoms with E-state index in [-0.39, 0.29) is 24.9 Å². The van der Waals surface area contributed by atoms with Crippen LogP contribution in [0.4, 0.5) is 0 Å². The molecular weight excluding hydrogens is 386 g/mol. The molecule has 9 nitrogen and oxygen atoms in total. The molecule has 3 rings (SSSR count). The Morgan fingerprint density at radius 3 is 2.73 bits per heavy atom. The minimum Gasteiger partial charge on any atom is -0.481 e. The number of carboxylic acid groups (broad SMARTS) is 1. The van der Waals surface area contributed by atoms with Crippen molar-refractivity contribution in [2.24, 2.45) is 5.92 Å². The molecule has 1 aliphatic rings. The summed E-state index contributed by atoms with van der Waals surface area (Å²) in [5.74, 6) is -0.569. The summed E-state index contributed by atoms with van der Waals surface area (Å²) in [5, 5.41) is 24.9. The zero-order valence-electron chi connectivity index (χ0n) is 17.5. The van der Waals surface area contributed by atoms with Gasteiger partial charge < -0.3 is 9.84 Å². The highest BCUT2D eigenvalue weighted by Gasteiger charge is 2.31. The van der Waals surface area contributed by atoms with Gasteiger partial charge in [0.2, 0.25) is 0 Å². The van der Waals surface area contributed by atoms with Gasteiger partial charge in [0, 0.05) is 6.04 Å². The minimum atomic E-state index is -0.838. The van der Waals surface area contributed by atoms with Gasteiger partial charge in [0.1, 0.15) is 6.54 Å². The largest absolute Gasteiger partial charge is 0.481 e. The van der Waals surface area contributed by atoms with Crippen LogP contribution in [0.2, 0.25) is 0 Å². The van der Waals surface area contributed by atoms with Crippen LogP contribution in [0.5, 0.6) is 0 Å². The molecule has 162 valence electrons.